The number of esters is 1. The predicted octanol–water partition coefficient (Wildman–Crippen LogP) is 2.58. The monoisotopic (exact) mass is 233 g/mol. The standard InChI is InChI=1S/C9H12ClNO2S/c1-4-13-9(12)8-7(10)6(14-3)5-11(8)2/h5H,4H2,1-3H3. The lowest BCUT2D eigenvalue weighted by molar-refractivity contribution is 0.0515. The lowest BCUT2D eigenvalue weighted by atomic mass is 10.4. The quantitative estimate of drug-likeness (QED) is 0.594. The second-order valence-corrected chi connectivity index (χ2v) is 3.92. The Hall–Kier alpha value is -0.610. The largest absolute Gasteiger partial charge is 0.461 e. The van der Waals surface area contributed by atoms with Crippen molar-refractivity contribution >= 4 is 29.3 Å². The first kappa shape index (κ1) is 11.5. The zero-order valence-electron chi connectivity index (χ0n) is 8.33. The molecular formula is C9H12ClNO2S. The van der Waals surface area contributed by atoms with Gasteiger partial charge < -0.3 is 9.30 Å². The average molecular weight is 234 g/mol. The van der Waals surface area contributed by atoms with Crippen LogP contribution in [0.15, 0.2) is 11.1 Å². The number of aryl methyl sites for hydroxylation is 1. The minimum Gasteiger partial charge on any atom is -0.461 e. The Morgan fingerprint density at radius 3 is 2.79 bits per heavy atom. The predicted molar refractivity (Wildman–Crippen MR) is 58.2 cm³/mol. The lowest BCUT2D eigenvalue weighted by Crippen LogP contribution is -2.09. The SMILES string of the molecule is CCOC(=O)c1c(Cl)c(SC)cn1C. The van der Waals surface area contributed by atoms with Crippen LogP contribution in [0.5, 0.6) is 0 Å². The fraction of sp³-hybridized carbons (Fsp3) is 0.444. The first-order chi connectivity index (χ1) is 6.61. The van der Waals surface area contributed by atoms with Crippen molar-refractivity contribution in [2.24, 2.45) is 7.05 Å². The molecule has 0 aliphatic rings. The number of nitrogens with zero attached hydrogens (tertiary/aromatic N) is 1. The summed E-state index contributed by atoms with van der Waals surface area (Å²) in [7, 11) is 1.78. The second kappa shape index (κ2) is 4.75. The van der Waals surface area contributed by atoms with Crippen molar-refractivity contribution in [2.75, 3.05) is 12.9 Å². The van der Waals surface area contributed by atoms with Gasteiger partial charge in [-0.2, -0.15) is 0 Å². The normalized spacial score (nSPS) is 10.3. The highest BCUT2D eigenvalue weighted by Gasteiger charge is 2.19. The lowest BCUT2D eigenvalue weighted by Gasteiger charge is -2.02. The van der Waals surface area contributed by atoms with Gasteiger partial charge in [0.05, 0.1) is 11.6 Å². The van der Waals surface area contributed by atoms with E-state index in [1.165, 1.54) is 11.8 Å². The topological polar surface area (TPSA) is 31.2 Å². The van der Waals surface area contributed by atoms with E-state index in [9.17, 15) is 4.79 Å². The number of rotatable bonds is 3. The average Bonchev–Trinajstić information content (AvgIpc) is 2.41. The number of hydrogen-bond donors (Lipinski definition) is 0. The molecule has 1 aromatic heterocycles. The molecule has 5 heteroatoms. The van der Waals surface area contributed by atoms with E-state index in [0.717, 1.165) is 4.90 Å². The molecule has 0 bridgehead atoms. The number of hydrogen-bond acceptors (Lipinski definition) is 3. The van der Waals surface area contributed by atoms with Crippen molar-refractivity contribution in [3.05, 3.63) is 16.9 Å². The summed E-state index contributed by atoms with van der Waals surface area (Å²) in [6, 6.07) is 0. The summed E-state index contributed by atoms with van der Waals surface area (Å²) in [5, 5.41) is 0.471. The van der Waals surface area contributed by atoms with Gasteiger partial charge in [-0.1, -0.05) is 11.6 Å². The highest BCUT2D eigenvalue weighted by Crippen LogP contribution is 2.30. The van der Waals surface area contributed by atoms with Gasteiger partial charge in [0.15, 0.2) is 0 Å². The highest BCUT2D eigenvalue weighted by molar-refractivity contribution is 7.98. The number of aromatic nitrogens is 1. The van der Waals surface area contributed by atoms with Crippen molar-refractivity contribution in [3.8, 4) is 0 Å². The Balaban J connectivity index is 3.07. The van der Waals surface area contributed by atoms with Crippen molar-refractivity contribution in [1.82, 2.24) is 4.57 Å². The molecule has 0 aliphatic heterocycles. The summed E-state index contributed by atoms with van der Waals surface area (Å²) in [5.41, 5.74) is 0.415. The summed E-state index contributed by atoms with van der Waals surface area (Å²) in [6.07, 6.45) is 3.73. The van der Waals surface area contributed by atoms with Gasteiger partial charge in [0.25, 0.3) is 0 Å². The van der Waals surface area contributed by atoms with Crippen LogP contribution in [0.1, 0.15) is 17.4 Å². The second-order valence-electron chi connectivity index (χ2n) is 2.69. The minimum absolute atomic E-state index is 0.356. The van der Waals surface area contributed by atoms with E-state index < -0.39 is 0 Å². The summed E-state index contributed by atoms with van der Waals surface area (Å²) in [4.78, 5) is 12.4. The number of carbonyl (C=O) groups is 1. The zero-order valence-corrected chi connectivity index (χ0v) is 9.91. The molecule has 0 fully saturated rings. The van der Waals surface area contributed by atoms with Crippen LogP contribution in [-0.4, -0.2) is 23.4 Å². The van der Waals surface area contributed by atoms with Gasteiger partial charge in [0, 0.05) is 18.1 Å². The molecule has 0 atom stereocenters. The molecule has 0 saturated heterocycles. The Morgan fingerprint density at radius 2 is 2.36 bits per heavy atom. The van der Waals surface area contributed by atoms with E-state index in [2.05, 4.69) is 0 Å². The molecule has 0 radical (unpaired) electrons. The van der Waals surface area contributed by atoms with Crippen LogP contribution in [0.25, 0.3) is 0 Å². The molecule has 0 spiro atoms. The third kappa shape index (κ3) is 2.07. The van der Waals surface area contributed by atoms with E-state index in [4.69, 9.17) is 16.3 Å². The fourth-order valence-electron chi connectivity index (χ4n) is 1.14. The van der Waals surface area contributed by atoms with Crippen LogP contribution >= 0.6 is 23.4 Å². The number of thioether (sulfide) groups is 1. The molecule has 0 saturated carbocycles. The molecule has 3 nitrogen and oxygen atoms in total. The summed E-state index contributed by atoms with van der Waals surface area (Å²) in [5.74, 6) is -0.375. The van der Waals surface area contributed by atoms with E-state index in [1.54, 1.807) is 18.5 Å². The number of halogens is 1. The first-order valence-corrected chi connectivity index (χ1v) is 5.78. The van der Waals surface area contributed by atoms with Gasteiger partial charge in [0.1, 0.15) is 5.69 Å². The van der Waals surface area contributed by atoms with Crippen LogP contribution in [0.2, 0.25) is 5.02 Å². The molecule has 0 aromatic carbocycles. The van der Waals surface area contributed by atoms with E-state index in [1.807, 2.05) is 12.5 Å². The van der Waals surface area contributed by atoms with Crippen LogP contribution in [-0.2, 0) is 11.8 Å². The molecule has 1 aromatic rings. The third-order valence-corrected chi connectivity index (χ3v) is 3.02. The van der Waals surface area contributed by atoms with Gasteiger partial charge in [0.2, 0.25) is 0 Å². The van der Waals surface area contributed by atoms with Crippen molar-refractivity contribution in [1.29, 1.82) is 0 Å². The molecule has 14 heavy (non-hydrogen) atoms. The Morgan fingerprint density at radius 1 is 1.71 bits per heavy atom. The maximum atomic E-state index is 11.5. The maximum absolute atomic E-state index is 11.5. The number of carbonyl (C=O) groups excluding carboxylic acids is 1. The van der Waals surface area contributed by atoms with E-state index in [-0.39, 0.29) is 5.97 Å². The third-order valence-electron chi connectivity index (χ3n) is 1.78. The van der Waals surface area contributed by atoms with Gasteiger partial charge in [-0.25, -0.2) is 4.79 Å². The van der Waals surface area contributed by atoms with Gasteiger partial charge in [-0.05, 0) is 13.2 Å². The summed E-state index contributed by atoms with van der Waals surface area (Å²) >= 11 is 7.52. The highest BCUT2D eigenvalue weighted by atomic mass is 35.5. The van der Waals surface area contributed by atoms with E-state index >= 15 is 0 Å². The van der Waals surface area contributed by atoms with Crippen molar-refractivity contribution in [3.63, 3.8) is 0 Å². The minimum atomic E-state index is -0.375. The van der Waals surface area contributed by atoms with Gasteiger partial charge in [-0.15, -0.1) is 11.8 Å². The molecule has 0 amide bonds. The number of ether oxygens (including phenoxy) is 1. The smallest absolute Gasteiger partial charge is 0.356 e. The van der Waals surface area contributed by atoms with E-state index in [0.29, 0.717) is 17.3 Å². The molecule has 0 N–H and O–H groups in total. The fourth-order valence-corrected chi connectivity index (χ4v) is 2.17. The Kier molecular flexibility index (Phi) is 3.89. The molecule has 0 aliphatic carbocycles. The Labute approximate surface area is 92.4 Å². The molecular weight excluding hydrogens is 222 g/mol. The molecule has 78 valence electrons. The van der Waals surface area contributed by atoms with Crippen LogP contribution < -0.4 is 0 Å². The van der Waals surface area contributed by atoms with Crippen molar-refractivity contribution in [2.45, 2.75) is 11.8 Å². The Bertz CT molecular complexity index is 349. The van der Waals surface area contributed by atoms with Crippen LogP contribution in [0.3, 0.4) is 0 Å². The summed E-state index contributed by atoms with van der Waals surface area (Å²) in [6.45, 7) is 2.12. The van der Waals surface area contributed by atoms with Crippen LogP contribution in [0.4, 0.5) is 0 Å². The molecule has 1 rings (SSSR count). The zero-order chi connectivity index (χ0) is 10.7. The maximum Gasteiger partial charge on any atom is 0.356 e. The first-order valence-electron chi connectivity index (χ1n) is 4.17. The molecule has 0 unspecified atom stereocenters. The van der Waals surface area contributed by atoms with Gasteiger partial charge in [-0.3, -0.25) is 0 Å². The molecule has 1 heterocycles. The summed E-state index contributed by atoms with van der Waals surface area (Å²) < 4.78 is 6.58. The van der Waals surface area contributed by atoms with Crippen molar-refractivity contribution < 1.29 is 9.53 Å². The van der Waals surface area contributed by atoms with Gasteiger partial charge >= 0.3 is 5.97 Å². The van der Waals surface area contributed by atoms with Crippen LogP contribution in [0, 0.1) is 0 Å².